The van der Waals surface area contributed by atoms with E-state index in [1.165, 1.54) is 4.90 Å². The fraction of sp³-hybridized carbons (Fsp3) is 0.429. The third-order valence-electron chi connectivity index (χ3n) is 2.90. The first kappa shape index (κ1) is 15.2. The molecule has 0 fully saturated rings. The molecule has 0 saturated carbocycles. The van der Waals surface area contributed by atoms with E-state index in [0.717, 1.165) is 0 Å². The van der Waals surface area contributed by atoms with Gasteiger partial charge in [0.15, 0.2) is 0 Å². The summed E-state index contributed by atoms with van der Waals surface area (Å²) in [5, 5.41) is 2.78. The molecule has 0 aliphatic heterocycles. The second kappa shape index (κ2) is 5.84. The molecular formula is C14H21N3O2. The van der Waals surface area contributed by atoms with Crippen LogP contribution < -0.4 is 11.1 Å². The molecule has 0 aliphatic rings. The van der Waals surface area contributed by atoms with Crippen LogP contribution in [0.1, 0.15) is 24.2 Å². The molecule has 0 unspecified atom stereocenters. The summed E-state index contributed by atoms with van der Waals surface area (Å²) in [6.07, 6.45) is 0. The molecule has 0 aromatic heterocycles. The normalized spacial score (nSPS) is 11.0. The van der Waals surface area contributed by atoms with Gasteiger partial charge in [-0.3, -0.25) is 9.59 Å². The van der Waals surface area contributed by atoms with Gasteiger partial charge in [-0.1, -0.05) is 6.07 Å². The Kier molecular flexibility index (Phi) is 4.67. The zero-order valence-corrected chi connectivity index (χ0v) is 11.9. The Morgan fingerprint density at radius 1 is 1.32 bits per heavy atom. The van der Waals surface area contributed by atoms with Crippen molar-refractivity contribution in [3.63, 3.8) is 0 Å². The van der Waals surface area contributed by atoms with Crippen LogP contribution in [0, 0.1) is 5.41 Å². The smallest absolute Gasteiger partial charge is 0.253 e. The molecule has 0 aliphatic carbocycles. The molecule has 0 saturated heterocycles. The van der Waals surface area contributed by atoms with Gasteiger partial charge in [-0.15, -0.1) is 0 Å². The van der Waals surface area contributed by atoms with Crippen LogP contribution in [-0.2, 0) is 4.79 Å². The van der Waals surface area contributed by atoms with Gasteiger partial charge in [0.2, 0.25) is 5.91 Å². The molecule has 5 heteroatoms. The number of hydrogen-bond acceptors (Lipinski definition) is 3. The van der Waals surface area contributed by atoms with E-state index in [2.05, 4.69) is 5.32 Å². The number of nitrogens with one attached hydrogen (secondary N) is 1. The number of nitrogens with two attached hydrogens (primary N) is 1. The summed E-state index contributed by atoms with van der Waals surface area (Å²) in [7, 11) is 3.37. The maximum absolute atomic E-state index is 12.0. The van der Waals surface area contributed by atoms with Crippen molar-refractivity contribution in [1.29, 1.82) is 0 Å². The number of amides is 2. The van der Waals surface area contributed by atoms with E-state index in [9.17, 15) is 9.59 Å². The fourth-order valence-electron chi connectivity index (χ4n) is 1.38. The lowest BCUT2D eigenvalue weighted by atomic mass is 9.92. The average Bonchev–Trinajstić information content (AvgIpc) is 2.37. The maximum atomic E-state index is 12.0. The summed E-state index contributed by atoms with van der Waals surface area (Å²) in [6, 6.07) is 6.86. The van der Waals surface area contributed by atoms with E-state index < -0.39 is 5.41 Å². The lowest BCUT2D eigenvalue weighted by Gasteiger charge is -2.21. The molecule has 3 N–H and O–H groups in total. The Morgan fingerprint density at radius 3 is 2.47 bits per heavy atom. The van der Waals surface area contributed by atoms with Crippen molar-refractivity contribution in [3.8, 4) is 0 Å². The second-order valence-corrected chi connectivity index (χ2v) is 5.32. The highest BCUT2D eigenvalue weighted by atomic mass is 16.2. The minimum Gasteiger partial charge on any atom is -0.345 e. The maximum Gasteiger partial charge on any atom is 0.253 e. The van der Waals surface area contributed by atoms with E-state index >= 15 is 0 Å². The van der Waals surface area contributed by atoms with Crippen LogP contribution in [0.3, 0.4) is 0 Å². The molecular weight excluding hydrogens is 242 g/mol. The van der Waals surface area contributed by atoms with Crippen LogP contribution in [0.2, 0.25) is 0 Å². The van der Waals surface area contributed by atoms with E-state index in [1.54, 1.807) is 52.2 Å². The molecule has 0 bridgehead atoms. The minimum atomic E-state index is -0.637. The summed E-state index contributed by atoms with van der Waals surface area (Å²) in [6.45, 7) is 3.81. The number of benzene rings is 1. The molecule has 0 atom stereocenters. The minimum absolute atomic E-state index is 0.103. The van der Waals surface area contributed by atoms with Crippen LogP contribution in [0.4, 0.5) is 5.69 Å². The summed E-state index contributed by atoms with van der Waals surface area (Å²) >= 11 is 0. The SMILES string of the molecule is CN(C)C(=O)c1cccc(NC(=O)C(C)(C)CN)c1. The van der Waals surface area contributed by atoms with Crippen LogP contribution >= 0.6 is 0 Å². The lowest BCUT2D eigenvalue weighted by Crippen LogP contribution is -2.37. The predicted octanol–water partition coefficient (Wildman–Crippen LogP) is 1.31. The lowest BCUT2D eigenvalue weighted by molar-refractivity contribution is -0.123. The molecule has 0 spiro atoms. The molecule has 0 radical (unpaired) electrons. The molecule has 19 heavy (non-hydrogen) atoms. The highest BCUT2D eigenvalue weighted by Crippen LogP contribution is 2.18. The van der Waals surface area contributed by atoms with Gasteiger partial charge in [-0.05, 0) is 32.0 Å². The molecule has 2 amide bonds. The van der Waals surface area contributed by atoms with E-state index in [-0.39, 0.29) is 18.4 Å². The Labute approximate surface area is 113 Å². The Balaban J connectivity index is 2.90. The summed E-state index contributed by atoms with van der Waals surface area (Å²) < 4.78 is 0. The number of carbonyl (C=O) groups is 2. The van der Waals surface area contributed by atoms with Crippen molar-refractivity contribution < 1.29 is 9.59 Å². The molecule has 1 aromatic carbocycles. The average molecular weight is 263 g/mol. The van der Waals surface area contributed by atoms with Gasteiger partial charge in [0, 0.05) is 31.9 Å². The van der Waals surface area contributed by atoms with Crippen LogP contribution in [0.15, 0.2) is 24.3 Å². The number of anilines is 1. The third kappa shape index (κ3) is 3.79. The zero-order chi connectivity index (χ0) is 14.6. The van der Waals surface area contributed by atoms with Gasteiger partial charge >= 0.3 is 0 Å². The number of rotatable bonds is 4. The van der Waals surface area contributed by atoms with Crippen molar-refractivity contribution in [1.82, 2.24) is 4.90 Å². The van der Waals surface area contributed by atoms with Crippen LogP contribution in [0.5, 0.6) is 0 Å². The first-order valence-corrected chi connectivity index (χ1v) is 6.11. The van der Waals surface area contributed by atoms with Gasteiger partial charge in [-0.25, -0.2) is 0 Å². The molecule has 5 nitrogen and oxygen atoms in total. The first-order chi connectivity index (χ1) is 8.77. The van der Waals surface area contributed by atoms with Crippen molar-refractivity contribution in [2.24, 2.45) is 11.1 Å². The highest BCUT2D eigenvalue weighted by molar-refractivity contribution is 5.98. The van der Waals surface area contributed by atoms with E-state index in [0.29, 0.717) is 11.3 Å². The topological polar surface area (TPSA) is 75.4 Å². The summed E-state index contributed by atoms with van der Waals surface area (Å²) in [5.41, 5.74) is 6.05. The predicted molar refractivity (Wildman–Crippen MR) is 75.9 cm³/mol. The number of hydrogen-bond donors (Lipinski definition) is 2. The quantitative estimate of drug-likeness (QED) is 0.860. The fourth-order valence-corrected chi connectivity index (χ4v) is 1.38. The summed E-state index contributed by atoms with van der Waals surface area (Å²) in [4.78, 5) is 25.3. The van der Waals surface area contributed by atoms with Crippen molar-refractivity contribution in [3.05, 3.63) is 29.8 Å². The first-order valence-electron chi connectivity index (χ1n) is 6.11. The molecule has 0 heterocycles. The van der Waals surface area contributed by atoms with Crippen LogP contribution in [-0.4, -0.2) is 37.4 Å². The standard InChI is InChI=1S/C14H21N3O2/c1-14(2,9-15)13(19)16-11-7-5-6-10(8-11)12(18)17(3)4/h5-8H,9,15H2,1-4H3,(H,16,19). The summed E-state index contributed by atoms with van der Waals surface area (Å²) in [5.74, 6) is -0.265. The van der Waals surface area contributed by atoms with Crippen molar-refractivity contribution >= 4 is 17.5 Å². The largest absolute Gasteiger partial charge is 0.345 e. The monoisotopic (exact) mass is 263 g/mol. The van der Waals surface area contributed by atoms with E-state index in [1.807, 2.05) is 0 Å². The van der Waals surface area contributed by atoms with Gasteiger partial charge in [0.25, 0.3) is 5.91 Å². The second-order valence-electron chi connectivity index (χ2n) is 5.32. The zero-order valence-electron chi connectivity index (χ0n) is 11.9. The van der Waals surface area contributed by atoms with Gasteiger partial charge < -0.3 is 16.0 Å². The Hall–Kier alpha value is -1.88. The molecule has 1 aromatic rings. The van der Waals surface area contributed by atoms with Gasteiger partial charge in [0.05, 0.1) is 5.41 Å². The molecule has 104 valence electrons. The Morgan fingerprint density at radius 2 is 1.95 bits per heavy atom. The van der Waals surface area contributed by atoms with E-state index in [4.69, 9.17) is 5.73 Å². The van der Waals surface area contributed by atoms with Crippen LogP contribution in [0.25, 0.3) is 0 Å². The highest BCUT2D eigenvalue weighted by Gasteiger charge is 2.25. The van der Waals surface area contributed by atoms with Crippen molar-refractivity contribution in [2.45, 2.75) is 13.8 Å². The molecule has 1 rings (SSSR count). The number of carbonyl (C=O) groups excluding carboxylic acids is 2. The third-order valence-corrected chi connectivity index (χ3v) is 2.90. The number of nitrogens with zero attached hydrogens (tertiary/aromatic N) is 1. The van der Waals surface area contributed by atoms with Gasteiger partial charge in [-0.2, -0.15) is 0 Å². The Bertz CT molecular complexity index is 481. The van der Waals surface area contributed by atoms with Crippen molar-refractivity contribution in [2.75, 3.05) is 26.0 Å². The van der Waals surface area contributed by atoms with Gasteiger partial charge in [0.1, 0.15) is 0 Å².